The molecule has 0 spiro atoms. The molecule has 10 heteroatoms. The lowest BCUT2D eigenvalue weighted by molar-refractivity contribution is -0.371. The van der Waals surface area contributed by atoms with E-state index >= 15 is 0 Å². The van der Waals surface area contributed by atoms with Gasteiger partial charge in [-0.15, -0.1) is 39.5 Å². The highest BCUT2D eigenvalue weighted by Crippen LogP contribution is 2.37. The van der Waals surface area contributed by atoms with Gasteiger partial charge in [0, 0.05) is 11.1 Å². The SMILES string of the molecule is C=CCc1cc(-c2ccc(OC(OC(F)(F)F)c3ccccc3)c(CC=C)c2)ccc1OC(OC(F)(F)F)c1ccccc1. The summed E-state index contributed by atoms with van der Waals surface area (Å²) in [6.45, 7) is 7.48. The maximum Gasteiger partial charge on any atom is 0.525 e. The third-order valence-electron chi connectivity index (χ3n) is 6.28. The van der Waals surface area contributed by atoms with Crippen LogP contribution in [0.4, 0.5) is 26.3 Å². The molecule has 0 aromatic heterocycles. The summed E-state index contributed by atoms with van der Waals surface area (Å²) in [6.07, 6.45) is -9.70. The number of alkyl halides is 6. The highest BCUT2D eigenvalue weighted by atomic mass is 19.4. The van der Waals surface area contributed by atoms with Gasteiger partial charge in [-0.2, -0.15) is 0 Å². The Hall–Kier alpha value is -4.54. The quantitative estimate of drug-likeness (QED) is 0.0853. The molecule has 0 fully saturated rings. The molecule has 4 rings (SSSR count). The van der Waals surface area contributed by atoms with Crippen LogP contribution in [0.25, 0.3) is 11.1 Å². The van der Waals surface area contributed by atoms with Crippen LogP contribution < -0.4 is 9.47 Å². The summed E-state index contributed by atoms with van der Waals surface area (Å²) in [5.74, 6) is 0.320. The van der Waals surface area contributed by atoms with Crippen molar-refractivity contribution in [2.24, 2.45) is 0 Å². The minimum absolute atomic E-state index is 0.160. The second-order valence-corrected chi connectivity index (χ2v) is 9.48. The summed E-state index contributed by atoms with van der Waals surface area (Å²) < 4.78 is 99.3. The summed E-state index contributed by atoms with van der Waals surface area (Å²) in [7, 11) is 0. The van der Waals surface area contributed by atoms with E-state index in [9.17, 15) is 26.3 Å². The van der Waals surface area contributed by atoms with Crippen molar-refractivity contribution in [3.8, 4) is 22.6 Å². The molecule has 2 unspecified atom stereocenters. The van der Waals surface area contributed by atoms with Gasteiger partial charge in [0.1, 0.15) is 11.5 Å². The molecule has 0 aliphatic rings. The van der Waals surface area contributed by atoms with E-state index in [4.69, 9.17) is 9.47 Å². The molecule has 44 heavy (non-hydrogen) atoms. The van der Waals surface area contributed by atoms with Gasteiger partial charge in [0.15, 0.2) is 0 Å². The lowest BCUT2D eigenvalue weighted by Crippen LogP contribution is -2.22. The molecule has 2 atom stereocenters. The summed E-state index contributed by atoms with van der Waals surface area (Å²) in [4.78, 5) is 0. The molecule has 0 amide bonds. The monoisotopic (exact) mass is 614 g/mol. The van der Waals surface area contributed by atoms with Crippen LogP contribution in [0.15, 0.2) is 122 Å². The Labute approximate surface area is 250 Å². The van der Waals surface area contributed by atoms with Crippen molar-refractivity contribution in [3.63, 3.8) is 0 Å². The Morgan fingerprint density at radius 2 is 0.909 bits per heavy atom. The van der Waals surface area contributed by atoms with Gasteiger partial charge in [-0.3, -0.25) is 0 Å². The Morgan fingerprint density at radius 1 is 0.545 bits per heavy atom. The first-order chi connectivity index (χ1) is 21.0. The van der Waals surface area contributed by atoms with Crippen molar-refractivity contribution in [2.45, 2.75) is 38.1 Å². The van der Waals surface area contributed by atoms with Gasteiger partial charge in [0.25, 0.3) is 0 Å². The van der Waals surface area contributed by atoms with Crippen molar-refractivity contribution < 1.29 is 45.3 Å². The number of benzene rings is 4. The number of hydrogen-bond donors (Lipinski definition) is 0. The van der Waals surface area contributed by atoms with E-state index in [1.807, 2.05) is 0 Å². The zero-order chi connectivity index (χ0) is 31.7. The second-order valence-electron chi connectivity index (χ2n) is 9.48. The highest BCUT2D eigenvalue weighted by Gasteiger charge is 2.37. The predicted octanol–water partition coefficient (Wildman–Crippen LogP) is 10.0. The number of halogens is 6. The first-order valence-electron chi connectivity index (χ1n) is 13.4. The number of rotatable bonds is 13. The molecule has 230 valence electrons. The number of ether oxygens (including phenoxy) is 4. The first-order valence-corrected chi connectivity index (χ1v) is 13.4. The van der Waals surface area contributed by atoms with Gasteiger partial charge in [-0.25, -0.2) is 9.47 Å². The predicted molar refractivity (Wildman–Crippen MR) is 154 cm³/mol. The third kappa shape index (κ3) is 9.23. The Morgan fingerprint density at radius 3 is 1.23 bits per heavy atom. The topological polar surface area (TPSA) is 36.9 Å². The van der Waals surface area contributed by atoms with Crippen LogP contribution in [0.5, 0.6) is 11.5 Å². The van der Waals surface area contributed by atoms with E-state index in [2.05, 4.69) is 22.6 Å². The van der Waals surface area contributed by atoms with Crippen LogP contribution >= 0.6 is 0 Å². The third-order valence-corrected chi connectivity index (χ3v) is 6.28. The van der Waals surface area contributed by atoms with Gasteiger partial charge in [-0.1, -0.05) is 84.9 Å². The molecule has 0 aliphatic carbocycles. The Balaban J connectivity index is 1.66. The Kier molecular flexibility index (Phi) is 10.5. The molecular formula is C34H28F6O4. The molecule has 4 aromatic carbocycles. The van der Waals surface area contributed by atoms with Crippen LogP contribution in [0.2, 0.25) is 0 Å². The fourth-order valence-corrected chi connectivity index (χ4v) is 4.39. The van der Waals surface area contributed by atoms with E-state index in [1.165, 1.54) is 36.4 Å². The molecule has 4 aromatic rings. The standard InChI is InChI=1S/C34H28F6O4/c1-3-11-27-21-25(17-19-29(27)41-31(43-33(35,36)37)23-13-7-5-8-14-23)26-18-20-30(28(22-26)12-4-2)42-32(44-34(38,39)40)24-15-9-6-10-16-24/h3-10,13-22,31-32H,1-2,11-12H2. The van der Waals surface area contributed by atoms with Crippen LogP contribution in [0.3, 0.4) is 0 Å². The van der Waals surface area contributed by atoms with Gasteiger partial charge in [0.05, 0.1) is 0 Å². The minimum atomic E-state index is -4.95. The molecule has 4 nitrogen and oxygen atoms in total. The van der Waals surface area contributed by atoms with Crippen molar-refractivity contribution in [2.75, 3.05) is 0 Å². The van der Waals surface area contributed by atoms with Gasteiger partial charge < -0.3 is 9.47 Å². The molecule has 0 radical (unpaired) electrons. The summed E-state index contributed by atoms with van der Waals surface area (Å²) in [5.41, 5.74) is 2.77. The lowest BCUT2D eigenvalue weighted by atomic mass is 9.98. The molecule has 0 aliphatic heterocycles. The molecule has 0 heterocycles. The normalized spacial score (nSPS) is 13.1. The van der Waals surface area contributed by atoms with E-state index in [0.717, 1.165) is 0 Å². The van der Waals surface area contributed by atoms with Gasteiger partial charge >= 0.3 is 12.7 Å². The van der Waals surface area contributed by atoms with Crippen molar-refractivity contribution in [3.05, 3.63) is 145 Å². The van der Waals surface area contributed by atoms with Crippen LogP contribution in [-0.2, 0) is 22.3 Å². The van der Waals surface area contributed by atoms with E-state index < -0.39 is 25.3 Å². The van der Waals surface area contributed by atoms with Crippen LogP contribution in [-0.4, -0.2) is 12.7 Å². The van der Waals surface area contributed by atoms with Crippen LogP contribution in [0, 0.1) is 0 Å². The minimum Gasteiger partial charge on any atom is -0.460 e. The molecule has 0 saturated carbocycles. The number of hydrogen-bond acceptors (Lipinski definition) is 4. The maximum absolute atomic E-state index is 13.2. The average molecular weight is 615 g/mol. The summed E-state index contributed by atoms with van der Waals surface area (Å²) >= 11 is 0. The van der Waals surface area contributed by atoms with E-state index in [1.54, 1.807) is 72.8 Å². The lowest BCUT2D eigenvalue weighted by Gasteiger charge is -2.23. The van der Waals surface area contributed by atoms with E-state index in [-0.39, 0.29) is 35.5 Å². The maximum atomic E-state index is 13.2. The highest BCUT2D eigenvalue weighted by molar-refractivity contribution is 5.68. The number of allylic oxidation sites excluding steroid dienone is 2. The second kappa shape index (κ2) is 14.3. The van der Waals surface area contributed by atoms with Crippen molar-refractivity contribution in [1.29, 1.82) is 0 Å². The smallest absolute Gasteiger partial charge is 0.460 e. The van der Waals surface area contributed by atoms with Crippen molar-refractivity contribution >= 4 is 0 Å². The largest absolute Gasteiger partial charge is 0.525 e. The average Bonchev–Trinajstić information content (AvgIpc) is 2.98. The zero-order valence-corrected chi connectivity index (χ0v) is 23.3. The zero-order valence-electron chi connectivity index (χ0n) is 23.3. The Bertz CT molecular complexity index is 1420. The van der Waals surface area contributed by atoms with Gasteiger partial charge in [0.2, 0.25) is 12.6 Å². The molecule has 0 N–H and O–H groups in total. The van der Waals surface area contributed by atoms with Crippen LogP contribution in [0.1, 0.15) is 34.8 Å². The fourth-order valence-electron chi connectivity index (χ4n) is 4.39. The molecular weight excluding hydrogens is 586 g/mol. The van der Waals surface area contributed by atoms with Crippen molar-refractivity contribution in [1.82, 2.24) is 0 Å². The molecule has 0 bridgehead atoms. The van der Waals surface area contributed by atoms with Gasteiger partial charge in [-0.05, 0) is 59.4 Å². The fraction of sp³-hybridized carbons (Fsp3) is 0.176. The first kappa shape index (κ1) is 32.4. The summed E-state index contributed by atoms with van der Waals surface area (Å²) in [5, 5.41) is 0. The van der Waals surface area contributed by atoms with E-state index in [0.29, 0.717) is 22.3 Å². The summed E-state index contributed by atoms with van der Waals surface area (Å²) in [6, 6.07) is 25.3. The molecule has 0 saturated heterocycles.